The highest BCUT2D eigenvalue weighted by molar-refractivity contribution is 5.91. The van der Waals surface area contributed by atoms with Crippen molar-refractivity contribution in [2.45, 2.75) is 37.6 Å². The largest absolute Gasteiger partial charge is 0.493 e. The standard InChI is InChI=1S/C23H21F5N4O3/c1-10-17(12-4-5-13(24)18(25)19(12)34-3)20(35-22(10,2)23(26,27)28)15-9-14(31-32-15)11-6-7-30-16(8-11)21(29)33/h4-10,17,20H,1-3H3,(H2,29,33)(H,31,32)/t10-,17-,20-,22+/m1/s1. The number of nitrogens with one attached hydrogen (secondary N) is 1. The van der Waals surface area contributed by atoms with E-state index in [1.807, 2.05) is 0 Å². The summed E-state index contributed by atoms with van der Waals surface area (Å²) in [5, 5.41) is 6.82. The molecule has 0 unspecified atom stereocenters. The first-order valence-corrected chi connectivity index (χ1v) is 10.5. The van der Waals surface area contributed by atoms with Crippen molar-refractivity contribution in [3.8, 4) is 17.0 Å². The monoisotopic (exact) mass is 496 g/mol. The molecule has 0 aliphatic carbocycles. The van der Waals surface area contributed by atoms with Crippen molar-refractivity contribution in [1.29, 1.82) is 0 Å². The van der Waals surface area contributed by atoms with Crippen LogP contribution < -0.4 is 10.5 Å². The van der Waals surface area contributed by atoms with E-state index in [-0.39, 0.29) is 22.6 Å². The SMILES string of the molecule is COc1c([C@@H]2[C@@H](c3cc(-c4ccnc(C(N)=O)c4)n[nH]3)O[C@](C)(C(F)(F)F)[C@@H]2C)ccc(F)c1F. The van der Waals surface area contributed by atoms with E-state index in [1.165, 1.54) is 31.3 Å². The number of halogens is 5. The van der Waals surface area contributed by atoms with Crippen molar-refractivity contribution in [2.24, 2.45) is 11.7 Å². The van der Waals surface area contributed by atoms with Gasteiger partial charge in [0.2, 0.25) is 5.82 Å². The van der Waals surface area contributed by atoms with Crippen LogP contribution in [0.1, 0.15) is 47.6 Å². The predicted octanol–water partition coefficient (Wildman–Crippen LogP) is 4.67. The fourth-order valence-electron chi connectivity index (χ4n) is 4.44. The van der Waals surface area contributed by atoms with Crippen LogP contribution in [0.3, 0.4) is 0 Å². The van der Waals surface area contributed by atoms with Gasteiger partial charge in [-0.15, -0.1) is 0 Å². The minimum absolute atomic E-state index is 0.0213. The molecule has 1 aromatic carbocycles. The smallest absolute Gasteiger partial charge is 0.417 e. The van der Waals surface area contributed by atoms with Crippen LogP contribution in [-0.2, 0) is 4.74 Å². The van der Waals surface area contributed by atoms with Crippen molar-refractivity contribution in [3.63, 3.8) is 0 Å². The number of nitrogens with two attached hydrogens (primary N) is 1. The number of benzene rings is 1. The second-order valence-corrected chi connectivity index (χ2v) is 8.44. The number of nitrogens with zero attached hydrogens (tertiary/aromatic N) is 2. The molecule has 186 valence electrons. The normalized spacial score (nSPS) is 24.5. The minimum atomic E-state index is -4.77. The molecule has 0 bridgehead atoms. The summed E-state index contributed by atoms with van der Waals surface area (Å²) in [7, 11) is 1.11. The van der Waals surface area contributed by atoms with E-state index < -0.39 is 53.0 Å². The van der Waals surface area contributed by atoms with Gasteiger partial charge in [-0.25, -0.2) is 4.39 Å². The highest BCUT2D eigenvalue weighted by Gasteiger charge is 2.65. The third kappa shape index (κ3) is 4.01. The zero-order chi connectivity index (χ0) is 25.7. The van der Waals surface area contributed by atoms with Gasteiger partial charge in [0.05, 0.1) is 18.5 Å². The Bertz CT molecular complexity index is 1280. The summed E-state index contributed by atoms with van der Waals surface area (Å²) in [6, 6.07) is 6.41. The lowest BCUT2D eigenvalue weighted by molar-refractivity contribution is -0.275. The third-order valence-electron chi connectivity index (χ3n) is 6.52. The Morgan fingerprint density at radius 2 is 1.94 bits per heavy atom. The molecule has 2 aromatic heterocycles. The molecule has 3 aromatic rings. The molecule has 0 spiro atoms. The predicted molar refractivity (Wildman–Crippen MR) is 113 cm³/mol. The summed E-state index contributed by atoms with van der Waals surface area (Å²) in [6.45, 7) is 2.24. The van der Waals surface area contributed by atoms with E-state index in [9.17, 15) is 26.7 Å². The highest BCUT2D eigenvalue weighted by atomic mass is 19.4. The molecule has 35 heavy (non-hydrogen) atoms. The molecule has 1 saturated heterocycles. The Morgan fingerprint density at radius 1 is 1.23 bits per heavy atom. The maximum absolute atomic E-state index is 14.5. The summed E-state index contributed by atoms with van der Waals surface area (Å²) in [5.74, 6) is -6.07. The van der Waals surface area contributed by atoms with Gasteiger partial charge in [-0.1, -0.05) is 13.0 Å². The molecule has 3 heterocycles. The maximum Gasteiger partial charge on any atom is 0.417 e. The molecule has 0 radical (unpaired) electrons. The van der Waals surface area contributed by atoms with Gasteiger partial charge in [-0.3, -0.25) is 14.9 Å². The third-order valence-corrected chi connectivity index (χ3v) is 6.52. The first-order valence-electron chi connectivity index (χ1n) is 10.5. The van der Waals surface area contributed by atoms with Crippen molar-refractivity contribution < 1.29 is 36.2 Å². The van der Waals surface area contributed by atoms with E-state index in [0.29, 0.717) is 5.56 Å². The minimum Gasteiger partial charge on any atom is -0.493 e. The van der Waals surface area contributed by atoms with Gasteiger partial charge < -0.3 is 15.2 Å². The van der Waals surface area contributed by atoms with E-state index in [2.05, 4.69) is 15.2 Å². The summed E-state index contributed by atoms with van der Waals surface area (Å²) >= 11 is 0. The van der Waals surface area contributed by atoms with Crippen molar-refractivity contribution >= 4 is 5.91 Å². The number of aromatic nitrogens is 3. The average molecular weight is 496 g/mol. The Balaban J connectivity index is 1.83. The van der Waals surface area contributed by atoms with Gasteiger partial charge in [0, 0.05) is 29.2 Å². The lowest BCUT2D eigenvalue weighted by atomic mass is 9.76. The van der Waals surface area contributed by atoms with E-state index >= 15 is 0 Å². The fourth-order valence-corrected chi connectivity index (χ4v) is 4.44. The van der Waals surface area contributed by atoms with Gasteiger partial charge in [-0.05, 0) is 31.2 Å². The molecule has 1 aliphatic rings. The number of primary amides is 1. The molecule has 3 N–H and O–H groups in total. The van der Waals surface area contributed by atoms with Crippen molar-refractivity contribution in [3.05, 3.63) is 65.1 Å². The van der Waals surface area contributed by atoms with Crippen LogP contribution >= 0.6 is 0 Å². The molecule has 4 atom stereocenters. The zero-order valence-electron chi connectivity index (χ0n) is 18.8. The topological polar surface area (TPSA) is 103 Å². The summed E-state index contributed by atoms with van der Waals surface area (Å²) in [6.07, 6.45) is -4.70. The van der Waals surface area contributed by atoms with Crippen LogP contribution in [-0.4, -0.2) is 40.0 Å². The fraction of sp³-hybridized carbons (Fsp3) is 0.348. The number of amides is 1. The molecule has 12 heteroatoms. The lowest BCUT2D eigenvalue weighted by Crippen LogP contribution is -2.46. The molecule has 7 nitrogen and oxygen atoms in total. The van der Waals surface area contributed by atoms with Gasteiger partial charge >= 0.3 is 6.18 Å². The Labute approximate surface area is 196 Å². The summed E-state index contributed by atoms with van der Waals surface area (Å²) in [4.78, 5) is 15.3. The molecule has 0 saturated carbocycles. The average Bonchev–Trinajstić information content (AvgIpc) is 3.39. The first-order chi connectivity index (χ1) is 16.4. The Kier molecular flexibility index (Phi) is 6.04. The molecule has 4 rings (SSSR count). The number of aromatic amines is 1. The van der Waals surface area contributed by atoms with Crippen LogP contribution in [0.5, 0.6) is 5.75 Å². The summed E-state index contributed by atoms with van der Waals surface area (Å²) < 4.78 is 81.4. The van der Waals surface area contributed by atoms with Crippen LogP contribution in [0.15, 0.2) is 36.5 Å². The number of carbonyl (C=O) groups is 1. The maximum atomic E-state index is 14.5. The van der Waals surface area contributed by atoms with E-state index in [4.69, 9.17) is 15.2 Å². The van der Waals surface area contributed by atoms with Crippen LogP contribution in [0.25, 0.3) is 11.3 Å². The number of ether oxygens (including phenoxy) is 2. The van der Waals surface area contributed by atoms with Gasteiger partial charge in [0.1, 0.15) is 11.8 Å². The molecular weight excluding hydrogens is 475 g/mol. The quantitative estimate of drug-likeness (QED) is 0.500. The number of pyridine rings is 1. The Morgan fingerprint density at radius 3 is 2.57 bits per heavy atom. The van der Waals surface area contributed by atoms with E-state index in [0.717, 1.165) is 20.1 Å². The second kappa shape index (κ2) is 8.59. The van der Waals surface area contributed by atoms with Gasteiger partial charge in [-0.2, -0.15) is 22.7 Å². The van der Waals surface area contributed by atoms with Crippen LogP contribution in [0.2, 0.25) is 0 Å². The number of carbonyl (C=O) groups excluding carboxylic acids is 1. The highest BCUT2D eigenvalue weighted by Crippen LogP contribution is 2.59. The second-order valence-electron chi connectivity index (χ2n) is 8.44. The number of alkyl halides is 3. The number of methoxy groups -OCH3 is 1. The molecule has 1 fully saturated rings. The van der Waals surface area contributed by atoms with Gasteiger partial charge in [0.25, 0.3) is 5.91 Å². The van der Waals surface area contributed by atoms with Gasteiger partial charge in [0.15, 0.2) is 17.2 Å². The number of rotatable bonds is 5. The summed E-state index contributed by atoms with van der Waals surface area (Å²) in [5.41, 5.74) is 3.53. The number of hydrogen-bond acceptors (Lipinski definition) is 5. The van der Waals surface area contributed by atoms with Crippen LogP contribution in [0.4, 0.5) is 22.0 Å². The number of H-pyrrole nitrogens is 1. The van der Waals surface area contributed by atoms with Crippen LogP contribution in [0, 0.1) is 17.6 Å². The van der Waals surface area contributed by atoms with E-state index in [1.54, 1.807) is 6.07 Å². The molecule has 1 aliphatic heterocycles. The van der Waals surface area contributed by atoms with Crippen molar-refractivity contribution in [1.82, 2.24) is 15.2 Å². The molecular formula is C23H21F5N4O3. The number of hydrogen-bond donors (Lipinski definition) is 2. The molecule has 1 amide bonds. The van der Waals surface area contributed by atoms with Crippen molar-refractivity contribution in [2.75, 3.05) is 7.11 Å². The first kappa shape index (κ1) is 24.6. The zero-order valence-corrected chi connectivity index (χ0v) is 18.8. The lowest BCUT2D eigenvalue weighted by Gasteiger charge is -2.32. The Hall–Kier alpha value is -3.54.